The quantitative estimate of drug-likeness (QED) is 0.829. The predicted octanol–water partition coefficient (Wildman–Crippen LogP) is 4.12. The topological polar surface area (TPSA) is 44.7 Å². The first-order valence-electron chi connectivity index (χ1n) is 9.55. The van der Waals surface area contributed by atoms with Crippen molar-refractivity contribution >= 4 is 0 Å². The van der Waals surface area contributed by atoms with Crippen LogP contribution in [0.4, 0.5) is 4.39 Å². The van der Waals surface area contributed by atoms with Crippen LogP contribution in [0.2, 0.25) is 0 Å². The van der Waals surface area contributed by atoms with Gasteiger partial charge in [-0.15, -0.1) is 0 Å². The molecule has 5 heteroatoms. The lowest BCUT2D eigenvalue weighted by Gasteiger charge is -2.44. The molecule has 0 spiro atoms. The fraction of sp³-hybridized carbons (Fsp3) is 0.455. The Morgan fingerprint density at radius 1 is 1.15 bits per heavy atom. The van der Waals surface area contributed by atoms with Gasteiger partial charge < -0.3 is 15.2 Å². The fourth-order valence-corrected chi connectivity index (χ4v) is 3.60. The molecule has 2 aromatic rings. The van der Waals surface area contributed by atoms with Crippen molar-refractivity contribution in [1.82, 2.24) is 10.2 Å². The summed E-state index contributed by atoms with van der Waals surface area (Å²) in [5.74, 6) is 0.971. The van der Waals surface area contributed by atoms with Crippen LogP contribution in [-0.4, -0.2) is 36.2 Å². The number of aryl methyl sites for hydroxylation is 1. The van der Waals surface area contributed by atoms with Gasteiger partial charge in [-0.25, -0.2) is 4.39 Å². The standard InChI is InChI=1S/C22H29FN2O2/c1-15(2)19-14-20(26)16(3)13-21(19)27-22(4,25-11-9-24-10-12-25)17-5-7-18(23)8-6-17/h5-8,13-15,24,26H,9-12H2,1-4H3. The maximum atomic E-state index is 13.5. The van der Waals surface area contributed by atoms with Gasteiger partial charge in [0.25, 0.3) is 0 Å². The first kappa shape index (κ1) is 19.6. The molecule has 0 saturated carbocycles. The van der Waals surface area contributed by atoms with Crippen molar-refractivity contribution in [3.63, 3.8) is 0 Å². The summed E-state index contributed by atoms with van der Waals surface area (Å²) in [6, 6.07) is 10.2. The van der Waals surface area contributed by atoms with Crippen LogP contribution in [-0.2, 0) is 5.72 Å². The van der Waals surface area contributed by atoms with Crippen molar-refractivity contribution in [3.8, 4) is 11.5 Å². The van der Waals surface area contributed by atoms with Gasteiger partial charge in [-0.2, -0.15) is 0 Å². The number of phenols is 1. The van der Waals surface area contributed by atoms with Gasteiger partial charge in [-0.3, -0.25) is 4.90 Å². The number of nitrogens with one attached hydrogen (secondary N) is 1. The monoisotopic (exact) mass is 372 g/mol. The molecule has 1 aliphatic rings. The maximum absolute atomic E-state index is 13.5. The Morgan fingerprint density at radius 3 is 2.37 bits per heavy atom. The van der Waals surface area contributed by atoms with E-state index in [1.54, 1.807) is 18.2 Å². The average molecular weight is 372 g/mol. The minimum absolute atomic E-state index is 0.201. The number of hydrogen-bond donors (Lipinski definition) is 2. The van der Waals surface area contributed by atoms with Crippen molar-refractivity contribution in [1.29, 1.82) is 0 Å². The number of hydrogen-bond acceptors (Lipinski definition) is 4. The molecule has 1 atom stereocenters. The number of phenolic OH excluding ortho intramolecular Hbond substituents is 1. The molecule has 0 radical (unpaired) electrons. The van der Waals surface area contributed by atoms with E-state index >= 15 is 0 Å². The lowest BCUT2D eigenvalue weighted by Crippen LogP contribution is -2.55. The summed E-state index contributed by atoms with van der Waals surface area (Å²) in [5.41, 5.74) is 1.91. The van der Waals surface area contributed by atoms with E-state index in [0.29, 0.717) is 0 Å². The summed E-state index contributed by atoms with van der Waals surface area (Å²) in [6.45, 7) is 11.5. The second kappa shape index (κ2) is 7.87. The molecule has 3 rings (SSSR count). The molecule has 146 valence electrons. The number of benzene rings is 2. The van der Waals surface area contributed by atoms with Gasteiger partial charge in [0.2, 0.25) is 0 Å². The third-order valence-electron chi connectivity index (χ3n) is 5.36. The molecule has 0 amide bonds. The van der Waals surface area contributed by atoms with Crippen LogP contribution in [0.25, 0.3) is 0 Å². The minimum atomic E-state index is -0.733. The first-order valence-corrected chi connectivity index (χ1v) is 9.55. The van der Waals surface area contributed by atoms with Crippen LogP contribution in [0.15, 0.2) is 36.4 Å². The Bertz CT molecular complexity index is 786. The highest BCUT2D eigenvalue weighted by Crippen LogP contribution is 2.38. The van der Waals surface area contributed by atoms with E-state index in [2.05, 4.69) is 24.1 Å². The molecule has 1 unspecified atom stereocenters. The lowest BCUT2D eigenvalue weighted by atomic mass is 9.98. The van der Waals surface area contributed by atoms with E-state index in [9.17, 15) is 9.50 Å². The van der Waals surface area contributed by atoms with Crippen LogP contribution < -0.4 is 10.1 Å². The number of piperazine rings is 1. The van der Waals surface area contributed by atoms with E-state index in [1.807, 2.05) is 19.9 Å². The SMILES string of the molecule is Cc1cc(OC(C)(c2ccc(F)cc2)N2CCNCC2)c(C(C)C)cc1O. The largest absolute Gasteiger partial charge is 0.508 e. The van der Waals surface area contributed by atoms with E-state index < -0.39 is 5.72 Å². The Kier molecular flexibility index (Phi) is 5.72. The van der Waals surface area contributed by atoms with E-state index in [-0.39, 0.29) is 17.5 Å². The van der Waals surface area contributed by atoms with Gasteiger partial charge in [0, 0.05) is 37.3 Å². The molecule has 1 heterocycles. The highest BCUT2D eigenvalue weighted by atomic mass is 19.1. The van der Waals surface area contributed by atoms with E-state index in [0.717, 1.165) is 48.6 Å². The molecule has 2 N–H and O–H groups in total. The summed E-state index contributed by atoms with van der Waals surface area (Å²) < 4.78 is 20.2. The van der Waals surface area contributed by atoms with Gasteiger partial charge >= 0.3 is 0 Å². The fourth-order valence-electron chi connectivity index (χ4n) is 3.60. The highest BCUT2D eigenvalue weighted by Gasteiger charge is 2.37. The molecule has 1 aliphatic heterocycles. The zero-order valence-corrected chi connectivity index (χ0v) is 16.6. The lowest BCUT2D eigenvalue weighted by molar-refractivity contribution is -0.0835. The van der Waals surface area contributed by atoms with E-state index in [4.69, 9.17) is 4.74 Å². The Morgan fingerprint density at radius 2 is 1.78 bits per heavy atom. The molecular weight excluding hydrogens is 343 g/mol. The smallest absolute Gasteiger partial charge is 0.186 e. The average Bonchev–Trinajstić information content (AvgIpc) is 2.65. The van der Waals surface area contributed by atoms with Crippen molar-refractivity contribution in [3.05, 3.63) is 58.9 Å². The Hall–Kier alpha value is -2.11. The van der Waals surface area contributed by atoms with Crippen LogP contribution in [0.1, 0.15) is 43.4 Å². The Balaban J connectivity index is 2.06. The van der Waals surface area contributed by atoms with Crippen molar-refractivity contribution < 1.29 is 14.2 Å². The molecule has 1 saturated heterocycles. The number of aromatic hydroxyl groups is 1. The van der Waals surface area contributed by atoms with Gasteiger partial charge in [0.05, 0.1) is 0 Å². The second-order valence-corrected chi connectivity index (χ2v) is 7.66. The van der Waals surface area contributed by atoms with Crippen molar-refractivity contribution in [2.75, 3.05) is 26.2 Å². The zero-order chi connectivity index (χ0) is 19.6. The predicted molar refractivity (Wildman–Crippen MR) is 106 cm³/mol. The van der Waals surface area contributed by atoms with Gasteiger partial charge in [0.1, 0.15) is 17.3 Å². The van der Waals surface area contributed by atoms with Crippen LogP contribution >= 0.6 is 0 Å². The third kappa shape index (κ3) is 4.09. The summed E-state index contributed by atoms with van der Waals surface area (Å²) in [5, 5.41) is 13.5. The number of rotatable bonds is 5. The maximum Gasteiger partial charge on any atom is 0.186 e. The van der Waals surface area contributed by atoms with Gasteiger partial charge in [-0.05, 0) is 49.6 Å². The molecule has 2 aromatic carbocycles. The molecule has 27 heavy (non-hydrogen) atoms. The molecule has 4 nitrogen and oxygen atoms in total. The summed E-state index contributed by atoms with van der Waals surface area (Å²) >= 11 is 0. The highest BCUT2D eigenvalue weighted by molar-refractivity contribution is 5.47. The first-order chi connectivity index (χ1) is 12.8. The summed E-state index contributed by atoms with van der Waals surface area (Å²) in [6.07, 6.45) is 0. The molecule has 1 fully saturated rings. The van der Waals surface area contributed by atoms with Crippen LogP contribution in [0.5, 0.6) is 11.5 Å². The molecule has 0 bridgehead atoms. The summed E-state index contributed by atoms with van der Waals surface area (Å²) in [7, 11) is 0. The number of halogens is 1. The number of nitrogens with zero attached hydrogens (tertiary/aromatic N) is 1. The van der Waals surface area contributed by atoms with Crippen molar-refractivity contribution in [2.45, 2.75) is 39.3 Å². The molecule has 0 aromatic heterocycles. The normalized spacial score (nSPS) is 17.7. The molecular formula is C22H29FN2O2. The molecule has 0 aliphatic carbocycles. The second-order valence-electron chi connectivity index (χ2n) is 7.66. The third-order valence-corrected chi connectivity index (χ3v) is 5.36. The van der Waals surface area contributed by atoms with Gasteiger partial charge in [0.15, 0.2) is 5.72 Å². The minimum Gasteiger partial charge on any atom is -0.508 e. The number of ether oxygens (including phenoxy) is 1. The Labute approximate surface area is 161 Å². The van der Waals surface area contributed by atoms with Crippen LogP contribution in [0, 0.1) is 12.7 Å². The summed E-state index contributed by atoms with van der Waals surface area (Å²) in [4.78, 5) is 2.28. The van der Waals surface area contributed by atoms with Crippen molar-refractivity contribution in [2.24, 2.45) is 0 Å². The zero-order valence-electron chi connectivity index (χ0n) is 16.6. The van der Waals surface area contributed by atoms with E-state index in [1.165, 1.54) is 12.1 Å². The van der Waals surface area contributed by atoms with Gasteiger partial charge in [-0.1, -0.05) is 26.0 Å². The van der Waals surface area contributed by atoms with Crippen LogP contribution in [0.3, 0.4) is 0 Å².